The highest BCUT2D eigenvalue weighted by atomic mass is 19.1. The summed E-state index contributed by atoms with van der Waals surface area (Å²) in [4.78, 5) is 31.5. The number of amides is 2. The van der Waals surface area contributed by atoms with Gasteiger partial charge in [-0.05, 0) is 36.4 Å². The van der Waals surface area contributed by atoms with E-state index in [0.717, 1.165) is 0 Å². The van der Waals surface area contributed by atoms with Crippen molar-refractivity contribution in [3.63, 3.8) is 0 Å². The van der Waals surface area contributed by atoms with Crippen LogP contribution in [0.2, 0.25) is 0 Å². The van der Waals surface area contributed by atoms with Gasteiger partial charge in [0.1, 0.15) is 22.9 Å². The van der Waals surface area contributed by atoms with Crippen LogP contribution in [0.25, 0.3) is 0 Å². The minimum absolute atomic E-state index is 0.0591. The van der Waals surface area contributed by atoms with Crippen LogP contribution in [0.4, 0.5) is 4.39 Å². The molecule has 1 fully saturated rings. The van der Waals surface area contributed by atoms with Gasteiger partial charge in [0.25, 0.3) is 11.8 Å². The van der Waals surface area contributed by atoms with E-state index in [1.165, 1.54) is 12.1 Å². The SMILES string of the molecule is COc1ccc(C(=O)N2CCC3(CC2)N=C(c2cccc(F)c2)C(=O)N3)cc1. The van der Waals surface area contributed by atoms with Crippen LogP contribution in [0.1, 0.15) is 28.8 Å². The fourth-order valence-corrected chi connectivity index (χ4v) is 3.63. The van der Waals surface area contributed by atoms with Crippen LogP contribution in [0.15, 0.2) is 53.5 Å². The smallest absolute Gasteiger partial charge is 0.272 e. The molecule has 1 spiro atoms. The van der Waals surface area contributed by atoms with Gasteiger partial charge in [0.05, 0.1) is 7.11 Å². The standard InChI is InChI=1S/C21H20FN3O3/c1-28-17-7-5-14(6-8-17)20(27)25-11-9-21(10-12-25)23-18(19(26)24-21)15-3-2-4-16(22)13-15/h2-8,13H,9-12H2,1H3,(H,24,26). The van der Waals surface area contributed by atoms with E-state index < -0.39 is 11.5 Å². The van der Waals surface area contributed by atoms with Crippen LogP contribution >= 0.6 is 0 Å². The fourth-order valence-electron chi connectivity index (χ4n) is 3.63. The van der Waals surface area contributed by atoms with Gasteiger partial charge < -0.3 is 15.0 Å². The van der Waals surface area contributed by atoms with Crippen molar-refractivity contribution >= 4 is 17.5 Å². The van der Waals surface area contributed by atoms with Gasteiger partial charge in [-0.3, -0.25) is 14.6 Å². The predicted octanol–water partition coefficient (Wildman–Crippen LogP) is 2.39. The van der Waals surface area contributed by atoms with E-state index in [1.807, 2.05) is 0 Å². The van der Waals surface area contributed by atoms with Crippen molar-refractivity contribution in [1.29, 1.82) is 0 Å². The molecule has 1 saturated heterocycles. The van der Waals surface area contributed by atoms with Gasteiger partial charge in [0, 0.05) is 37.1 Å². The molecule has 2 aliphatic heterocycles. The Morgan fingerprint density at radius 3 is 2.54 bits per heavy atom. The predicted molar refractivity (Wildman–Crippen MR) is 102 cm³/mol. The number of nitrogens with one attached hydrogen (secondary N) is 1. The van der Waals surface area contributed by atoms with Crippen LogP contribution in [0.3, 0.4) is 0 Å². The molecule has 0 saturated carbocycles. The lowest BCUT2D eigenvalue weighted by atomic mass is 9.97. The second-order valence-corrected chi connectivity index (χ2v) is 6.98. The molecule has 0 aliphatic carbocycles. The third kappa shape index (κ3) is 3.35. The van der Waals surface area contributed by atoms with Gasteiger partial charge in [-0.15, -0.1) is 0 Å². The van der Waals surface area contributed by atoms with E-state index in [-0.39, 0.29) is 17.5 Å². The zero-order chi connectivity index (χ0) is 19.7. The van der Waals surface area contributed by atoms with E-state index in [1.54, 1.807) is 48.4 Å². The molecule has 2 aromatic rings. The average molecular weight is 381 g/mol. The summed E-state index contributed by atoms with van der Waals surface area (Å²) >= 11 is 0. The number of rotatable bonds is 3. The van der Waals surface area contributed by atoms with Crippen LogP contribution in [-0.2, 0) is 4.79 Å². The molecule has 7 heteroatoms. The highest BCUT2D eigenvalue weighted by Gasteiger charge is 2.43. The molecular weight excluding hydrogens is 361 g/mol. The molecule has 0 unspecified atom stereocenters. The Kier molecular flexibility index (Phi) is 4.58. The Bertz CT molecular complexity index is 948. The van der Waals surface area contributed by atoms with Crippen LogP contribution < -0.4 is 10.1 Å². The van der Waals surface area contributed by atoms with Crippen molar-refractivity contribution < 1.29 is 18.7 Å². The number of piperidine rings is 1. The molecule has 28 heavy (non-hydrogen) atoms. The van der Waals surface area contributed by atoms with E-state index in [4.69, 9.17) is 4.74 Å². The summed E-state index contributed by atoms with van der Waals surface area (Å²) in [7, 11) is 1.58. The number of hydrogen-bond donors (Lipinski definition) is 1. The lowest BCUT2D eigenvalue weighted by molar-refractivity contribution is -0.115. The molecule has 1 N–H and O–H groups in total. The van der Waals surface area contributed by atoms with Crippen molar-refractivity contribution in [3.8, 4) is 5.75 Å². The topological polar surface area (TPSA) is 71.0 Å². The number of likely N-dealkylation sites (tertiary alicyclic amines) is 1. The van der Waals surface area contributed by atoms with E-state index in [9.17, 15) is 14.0 Å². The normalized spacial score (nSPS) is 18.0. The molecule has 0 aromatic heterocycles. The molecule has 2 aliphatic rings. The second-order valence-electron chi connectivity index (χ2n) is 6.98. The Morgan fingerprint density at radius 1 is 1.18 bits per heavy atom. The molecular formula is C21H20FN3O3. The summed E-state index contributed by atoms with van der Waals surface area (Å²) < 4.78 is 18.6. The number of methoxy groups -OCH3 is 1. The Morgan fingerprint density at radius 2 is 1.89 bits per heavy atom. The van der Waals surface area contributed by atoms with Gasteiger partial charge in [0.2, 0.25) is 0 Å². The third-order valence-electron chi connectivity index (χ3n) is 5.20. The highest BCUT2D eigenvalue weighted by molar-refractivity contribution is 6.46. The van der Waals surface area contributed by atoms with Gasteiger partial charge in [-0.25, -0.2) is 4.39 Å². The fraction of sp³-hybridized carbons (Fsp3) is 0.286. The maximum atomic E-state index is 13.5. The number of hydrogen-bond acceptors (Lipinski definition) is 4. The molecule has 2 aromatic carbocycles. The van der Waals surface area contributed by atoms with Gasteiger partial charge in [0.15, 0.2) is 0 Å². The van der Waals surface area contributed by atoms with E-state index in [0.29, 0.717) is 42.8 Å². The van der Waals surface area contributed by atoms with Crippen LogP contribution in [0.5, 0.6) is 5.75 Å². The number of carbonyl (C=O) groups excluding carboxylic acids is 2. The summed E-state index contributed by atoms with van der Waals surface area (Å²) in [6.45, 7) is 0.955. The van der Waals surface area contributed by atoms with Crippen molar-refractivity contribution in [2.45, 2.75) is 18.5 Å². The first-order valence-corrected chi connectivity index (χ1v) is 9.11. The highest BCUT2D eigenvalue weighted by Crippen LogP contribution is 2.29. The first kappa shape index (κ1) is 18.2. The van der Waals surface area contributed by atoms with Gasteiger partial charge in [-0.1, -0.05) is 12.1 Å². The van der Waals surface area contributed by atoms with Crippen LogP contribution in [-0.4, -0.2) is 48.3 Å². The van der Waals surface area contributed by atoms with Crippen molar-refractivity contribution in [2.24, 2.45) is 4.99 Å². The molecule has 144 valence electrons. The average Bonchev–Trinajstić information content (AvgIpc) is 3.04. The van der Waals surface area contributed by atoms with Gasteiger partial charge in [-0.2, -0.15) is 0 Å². The molecule has 0 radical (unpaired) electrons. The monoisotopic (exact) mass is 381 g/mol. The largest absolute Gasteiger partial charge is 0.497 e. The lowest BCUT2D eigenvalue weighted by Gasteiger charge is -2.37. The molecule has 6 nitrogen and oxygen atoms in total. The van der Waals surface area contributed by atoms with Crippen molar-refractivity contribution in [2.75, 3.05) is 20.2 Å². The summed E-state index contributed by atoms with van der Waals surface area (Å²) in [5.74, 6) is -0.0763. The lowest BCUT2D eigenvalue weighted by Crippen LogP contribution is -2.52. The second kappa shape index (κ2) is 7.07. The maximum Gasteiger partial charge on any atom is 0.272 e. The zero-order valence-corrected chi connectivity index (χ0v) is 15.4. The minimum Gasteiger partial charge on any atom is -0.497 e. The Balaban J connectivity index is 1.47. The van der Waals surface area contributed by atoms with Crippen LogP contribution in [0, 0.1) is 5.82 Å². The minimum atomic E-state index is -0.727. The molecule has 2 heterocycles. The van der Waals surface area contributed by atoms with Crippen molar-refractivity contribution in [1.82, 2.24) is 10.2 Å². The van der Waals surface area contributed by atoms with E-state index in [2.05, 4.69) is 10.3 Å². The number of benzene rings is 2. The Hall–Kier alpha value is -3.22. The quantitative estimate of drug-likeness (QED) is 0.888. The molecule has 0 bridgehead atoms. The summed E-state index contributed by atoms with van der Waals surface area (Å²) in [5.41, 5.74) is 0.576. The van der Waals surface area contributed by atoms with E-state index >= 15 is 0 Å². The first-order valence-electron chi connectivity index (χ1n) is 9.11. The Labute approximate surface area is 162 Å². The summed E-state index contributed by atoms with van der Waals surface area (Å²) in [5, 5.41) is 2.93. The number of carbonyl (C=O) groups is 2. The van der Waals surface area contributed by atoms with Crippen molar-refractivity contribution in [3.05, 3.63) is 65.5 Å². The number of nitrogens with zero attached hydrogens (tertiary/aromatic N) is 2. The maximum absolute atomic E-state index is 13.5. The molecule has 0 atom stereocenters. The molecule has 2 amide bonds. The summed E-state index contributed by atoms with van der Waals surface area (Å²) in [6, 6.07) is 12.9. The number of ether oxygens (including phenoxy) is 1. The van der Waals surface area contributed by atoms with Gasteiger partial charge >= 0.3 is 0 Å². The first-order chi connectivity index (χ1) is 13.5. The number of aliphatic imine (C=N–C) groups is 1. The summed E-state index contributed by atoms with van der Waals surface area (Å²) in [6.07, 6.45) is 1.03. The zero-order valence-electron chi connectivity index (χ0n) is 15.4. The molecule has 4 rings (SSSR count). The third-order valence-corrected chi connectivity index (χ3v) is 5.20. The number of halogens is 1.